The first-order chi connectivity index (χ1) is 16.9. The van der Waals surface area contributed by atoms with Crippen molar-refractivity contribution in [1.29, 1.82) is 0 Å². The molecule has 35 heavy (non-hydrogen) atoms. The SMILES string of the molecule is COc1ccc(CN(C)C(=O)CSc2cc(C(=O)NC3CC3)c3ccccc3n2)c(OC)c1OC. The molecule has 0 atom stereocenters. The Morgan fingerprint density at radius 1 is 1.06 bits per heavy atom. The van der Waals surface area contributed by atoms with Gasteiger partial charge in [-0.25, -0.2) is 4.98 Å². The van der Waals surface area contributed by atoms with Crippen molar-refractivity contribution in [3.05, 3.63) is 53.6 Å². The van der Waals surface area contributed by atoms with E-state index >= 15 is 0 Å². The largest absolute Gasteiger partial charge is 0.493 e. The molecule has 0 spiro atoms. The number of aromatic nitrogens is 1. The zero-order chi connectivity index (χ0) is 24.9. The van der Waals surface area contributed by atoms with Crippen molar-refractivity contribution in [3.63, 3.8) is 0 Å². The van der Waals surface area contributed by atoms with Gasteiger partial charge in [0.2, 0.25) is 11.7 Å². The molecule has 9 heteroatoms. The fourth-order valence-corrected chi connectivity index (χ4v) is 4.64. The summed E-state index contributed by atoms with van der Waals surface area (Å²) in [6.07, 6.45) is 2.03. The highest BCUT2D eigenvalue weighted by molar-refractivity contribution is 7.99. The minimum atomic E-state index is -0.100. The van der Waals surface area contributed by atoms with Crippen LogP contribution in [0.1, 0.15) is 28.8 Å². The first kappa shape index (κ1) is 24.7. The Labute approximate surface area is 208 Å². The minimum absolute atomic E-state index is 0.0780. The van der Waals surface area contributed by atoms with E-state index in [0.29, 0.717) is 34.4 Å². The molecule has 0 bridgehead atoms. The van der Waals surface area contributed by atoms with E-state index < -0.39 is 0 Å². The molecule has 2 aromatic carbocycles. The van der Waals surface area contributed by atoms with Gasteiger partial charge in [-0.1, -0.05) is 30.0 Å². The van der Waals surface area contributed by atoms with Crippen LogP contribution >= 0.6 is 11.8 Å². The lowest BCUT2D eigenvalue weighted by molar-refractivity contribution is -0.127. The normalized spacial score (nSPS) is 12.8. The Bertz CT molecular complexity index is 1250. The van der Waals surface area contributed by atoms with Gasteiger partial charge in [0.15, 0.2) is 11.5 Å². The summed E-state index contributed by atoms with van der Waals surface area (Å²) in [6, 6.07) is 13.2. The highest BCUT2D eigenvalue weighted by Gasteiger charge is 2.25. The number of amides is 2. The number of hydrogen-bond acceptors (Lipinski definition) is 7. The molecule has 1 saturated carbocycles. The van der Waals surface area contributed by atoms with Crippen LogP contribution < -0.4 is 19.5 Å². The summed E-state index contributed by atoms with van der Waals surface area (Å²) >= 11 is 1.31. The first-order valence-corrected chi connectivity index (χ1v) is 12.3. The van der Waals surface area contributed by atoms with Crippen LogP contribution in [-0.4, -0.2) is 61.9 Å². The van der Waals surface area contributed by atoms with Crippen molar-refractivity contribution < 1.29 is 23.8 Å². The lowest BCUT2D eigenvalue weighted by Crippen LogP contribution is -2.28. The second-order valence-electron chi connectivity index (χ2n) is 8.30. The third-order valence-electron chi connectivity index (χ3n) is 5.81. The lowest BCUT2D eigenvalue weighted by Gasteiger charge is -2.21. The van der Waals surface area contributed by atoms with Crippen molar-refractivity contribution in [2.45, 2.75) is 30.5 Å². The van der Waals surface area contributed by atoms with Crippen LogP contribution in [0.5, 0.6) is 17.2 Å². The van der Waals surface area contributed by atoms with Gasteiger partial charge in [0.25, 0.3) is 5.91 Å². The van der Waals surface area contributed by atoms with E-state index in [2.05, 4.69) is 10.3 Å². The van der Waals surface area contributed by atoms with E-state index in [0.717, 1.165) is 29.3 Å². The second kappa shape index (κ2) is 10.9. The first-order valence-electron chi connectivity index (χ1n) is 11.3. The Morgan fingerprint density at radius 2 is 1.80 bits per heavy atom. The van der Waals surface area contributed by atoms with Crippen LogP contribution in [0, 0.1) is 0 Å². The second-order valence-corrected chi connectivity index (χ2v) is 9.30. The fraction of sp³-hybridized carbons (Fsp3) is 0.346. The number of hydrogen-bond donors (Lipinski definition) is 1. The van der Waals surface area contributed by atoms with E-state index in [-0.39, 0.29) is 23.6 Å². The van der Waals surface area contributed by atoms with Gasteiger partial charge < -0.3 is 24.4 Å². The Balaban J connectivity index is 1.47. The van der Waals surface area contributed by atoms with Crippen LogP contribution in [0.4, 0.5) is 0 Å². The molecule has 1 aromatic heterocycles. The van der Waals surface area contributed by atoms with E-state index in [9.17, 15) is 9.59 Å². The zero-order valence-electron chi connectivity index (χ0n) is 20.3. The van der Waals surface area contributed by atoms with Crippen molar-refractivity contribution in [2.24, 2.45) is 0 Å². The molecule has 3 aromatic rings. The molecule has 184 valence electrons. The van der Waals surface area contributed by atoms with Gasteiger partial charge in [-0.15, -0.1) is 0 Å². The van der Waals surface area contributed by atoms with Gasteiger partial charge in [-0.3, -0.25) is 9.59 Å². The standard InChI is InChI=1S/C26H29N3O5S/c1-29(14-16-9-12-21(32-2)25(34-4)24(16)33-3)23(30)15-35-22-13-19(26(31)27-17-10-11-17)18-7-5-6-8-20(18)28-22/h5-9,12-13,17H,10-11,14-15H2,1-4H3,(H,27,31). The van der Waals surface area contributed by atoms with Gasteiger partial charge >= 0.3 is 0 Å². The number of pyridine rings is 1. The molecule has 8 nitrogen and oxygen atoms in total. The number of carbonyl (C=O) groups is 2. The Kier molecular flexibility index (Phi) is 7.65. The molecule has 2 amide bonds. The molecular weight excluding hydrogens is 466 g/mol. The predicted molar refractivity (Wildman–Crippen MR) is 136 cm³/mol. The predicted octanol–water partition coefficient (Wildman–Crippen LogP) is 3.90. The van der Waals surface area contributed by atoms with E-state index in [1.165, 1.54) is 11.8 Å². The van der Waals surface area contributed by atoms with Crippen LogP contribution in [0.15, 0.2) is 47.5 Å². The van der Waals surface area contributed by atoms with Gasteiger partial charge in [0.1, 0.15) is 0 Å². The molecule has 0 radical (unpaired) electrons. The monoisotopic (exact) mass is 495 g/mol. The van der Waals surface area contributed by atoms with E-state index in [1.807, 2.05) is 30.3 Å². The molecule has 1 fully saturated rings. The van der Waals surface area contributed by atoms with Gasteiger partial charge in [-0.2, -0.15) is 0 Å². The number of fused-ring (bicyclic) bond motifs is 1. The van der Waals surface area contributed by atoms with Crippen molar-refractivity contribution >= 4 is 34.5 Å². The number of thioether (sulfide) groups is 1. The summed E-state index contributed by atoms with van der Waals surface area (Å²) in [5.74, 6) is 1.58. The summed E-state index contributed by atoms with van der Waals surface area (Å²) in [5, 5.41) is 4.48. The van der Waals surface area contributed by atoms with E-state index in [1.54, 1.807) is 45.4 Å². The molecule has 0 saturated heterocycles. The number of carbonyl (C=O) groups excluding carboxylic acids is 2. The lowest BCUT2D eigenvalue weighted by atomic mass is 10.1. The van der Waals surface area contributed by atoms with Crippen LogP contribution in [0.3, 0.4) is 0 Å². The van der Waals surface area contributed by atoms with Gasteiger partial charge in [-0.05, 0) is 37.1 Å². The molecule has 1 aliphatic carbocycles. The highest BCUT2D eigenvalue weighted by atomic mass is 32.2. The highest BCUT2D eigenvalue weighted by Crippen LogP contribution is 2.40. The third kappa shape index (κ3) is 5.62. The van der Waals surface area contributed by atoms with Crippen LogP contribution in [0.25, 0.3) is 10.9 Å². The molecule has 1 aliphatic rings. The average Bonchev–Trinajstić information content (AvgIpc) is 3.70. The summed E-state index contributed by atoms with van der Waals surface area (Å²) in [5.41, 5.74) is 2.11. The Hall–Kier alpha value is -3.46. The fourth-order valence-electron chi connectivity index (χ4n) is 3.78. The maximum atomic E-state index is 12.9. The topological polar surface area (TPSA) is 90.0 Å². The molecule has 0 aliphatic heterocycles. The molecular formula is C26H29N3O5S. The third-order valence-corrected chi connectivity index (χ3v) is 6.71. The summed E-state index contributed by atoms with van der Waals surface area (Å²) in [6.45, 7) is 0.336. The number of rotatable bonds is 10. The summed E-state index contributed by atoms with van der Waals surface area (Å²) < 4.78 is 16.3. The summed E-state index contributed by atoms with van der Waals surface area (Å²) in [7, 11) is 6.40. The van der Waals surface area contributed by atoms with Crippen molar-refractivity contribution in [2.75, 3.05) is 34.1 Å². The molecule has 1 N–H and O–H groups in total. The molecule has 4 rings (SSSR count). The van der Waals surface area contributed by atoms with E-state index in [4.69, 9.17) is 14.2 Å². The zero-order valence-corrected chi connectivity index (χ0v) is 21.1. The number of para-hydroxylation sites is 1. The van der Waals surface area contributed by atoms with Crippen LogP contribution in [-0.2, 0) is 11.3 Å². The smallest absolute Gasteiger partial charge is 0.252 e. The van der Waals surface area contributed by atoms with Crippen LogP contribution in [0.2, 0.25) is 0 Å². The quantitative estimate of drug-likeness (QED) is 0.427. The van der Waals surface area contributed by atoms with Gasteiger partial charge in [0.05, 0.1) is 43.2 Å². The number of ether oxygens (including phenoxy) is 3. The number of methoxy groups -OCH3 is 3. The molecule has 0 unspecified atom stereocenters. The average molecular weight is 496 g/mol. The summed E-state index contributed by atoms with van der Waals surface area (Å²) in [4.78, 5) is 32.0. The maximum Gasteiger partial charge on any atom is 0.252 e. The number of nitrogens with one attached hydrogen (secondary N) is 1. The maximum absolute atomic E-state index is 12.9. The number of benzene rings is 2. The van der Waals surface area contributed by atoms with Gasteiger partial charge in [0, 0.05) is 30.6 Å². The Morgan fingerprint density at radius 3 is 2.49 bits per heavy atom. The number of nitrogens with zero attached hydrogens (tertiary/aromatic N) is 2. The molecule has 1 heterocycles. The van der Waals surface area contributed by atoms with Crippen molar-refractivity contribution in [1.82, 2.24) is 15.2 Å². The van der Waals surface area contributed by atoms with Crippen molar-refractivity contribution in [3.8, 4) is 17.2 Å². The minimum Gasteiger partial charge on any atom is -0.493 e.